The van der Waals surface area contributed by atoms with Gasteiger partial charge in [0.25, 0.3) is 0 Å². The predicted octanol–water partition coefficient (Wildman–Crippen LogP) is 6.56. The summed E-state index contributed by atoms with van der Waals surface area (Å²) < 4.78 is 6.48. The van der Waals surface area contributed by atoms with Gasteiger partial charge in [0, 0.05) is 6.10 Å². The van der Waals surface area contributed by atoms with E-state index >= 15 is 0 Å². The molecule has 2 aliphatic carbocycles. The minimum absolute atomic E-state index is 0.0621. The lowest BCUT2D eigenvalue weighted by molar-refractivity contribution is -0.0231. The van der Waals surface area contributed by atoms with E-state index in [1.807, 2.05) is 0 Å². The lowest BCUT2D eigenvalue weighted by atomic mass is 9.62. The van der Waals surface area contributed by atoms with Gasteiger partial charge in [0.1, 0.15) is 0 Å². The molecular weight excluding hydrogens is 336 g/mol. The Bertz CT molecular complexity index is 493. The summed E-state index contributed by atoms with van der Waals surface area (Å²) in [6, 6.07) is 0. The highest BCUT2D eigenvalue weighted by molar-refractivity contribution is 6.74. The Morgan fingerprint density at radius 1 is 1.19 bits per heavy atom. The Morgan fingerprint density at radius 2 is 1.85 bits per heavy atom. The summed E-state index contributed by atoms with van der Waals surface area (Å²) in [4.78, 5) is 0. The van der Waals surface area contributed by atoms with Crippen molar-refractivity contribution in [2.75, 3.05) is 0 Å². The van der Waals surface area contributed by atoms with E-state index < -0.39 is 8.32 Å². The maximum Gasteiger partial charge on any atom is 0.192 e. The fourth-order valence-electron chi connectivity index (χ4n) is 5.40. The Hall–Kier alpha value is -0.123. The third kappa shape index (κ3) is 4.64. The Kier molecular flexibility index (Phi) is 6.90. The molecule has 2 fully saturated rings. The van der Waals surface area contributed by atoms with Crippen molar-refractivity contribution in [3.63, 3.8) is 0 Å². The quantitative estimate of drug-likeness (QED) is 0.418. The second kappa shape index (κ2) is 8.09. The van der Waals surface area contributed by atoms with Gasteiger partial charge in [-0.15, -0.1) is 0 Å². The predicted molar refractivity (Wildman–Crippen MR) is 115 cm³/mol. The van der Waals surface area contributed by atoms with E-state index in [0.29, 0.717) is 23.4 Å². The van der Waals surface area contributed by atoms with Crippen LogP contribution in [0.5, 0.6) is 0 Å². The molecule has 0 unspecified atom stereocenters. The first-order valence-corrected chi connectivity index (χ1v) is 13.8. The molecule has 2 aliphatic rings. The molecule has 1 N–H and O–H groups in total. The molecule has 0 heterocycles. The number of aliphatic hydroxyl groups is 1. The van der Waals surface area contributed by atoms with Gasteiger partial charge in [-0.25, -0.2) is 0 Å². The van der Waals surface area contributed by atoms with Gasteiger partial charge < -0.3 is 9.53 Å². The van der Waals surface area contributed by atoms with Crippen LogP contribution in [0.3, 0.4) is 0 Å². The standard InChI is InChI=1S/C23H44O2Si/c1-17(11-9-12-18(2)25-26(7,8)22(3,4)5)19-14-15-20-21(24)13-10-16-23(19,20)6/h9,11,17-21,24H,10,12-16H2,1-8H3/t17-,18+,19+,20-,21-,23+/m0/s1. The van der Waals surface area contributed by atoms with Crippen molar-refractivity contribution in [2.45, 2.75) is 110 Å². The molecule has 2 nitrogen and oxygen atoms in total. The molecule has 0 aromatic rings. The molecule has 0 amide bonds. The normalized spacial score (nSPS) is 35.5. The van der Waals surface area contributed by atoms with Crippen LogP contribution in [0.2, 0.25) is 18.1 Å². The lowest BCUT2D eigenvalue weighted by Crippen LogP contribution is -2.43. The van der Waals surface area contributed by atoms with Crippen LogP contribution in [0.15, 0.2) is 12.2 Å². The summed E-state index contributed by atoms with van der Waals surface area (Å²) >= 11 is 0. The maximum absolute atomic E-state index is 10.4. The van der Waals surface area contributed by atoms with E-state index in [4.69, 9.17) is 4.43 Å². The second-order valence-corrected chi connectivity index (χ2v) is 15.7. The van der Waals surface area contributed by atoms with Crippen molar-refractivity contribution >= 4 is 8.32 Å². The van der Waals surface area contributed by atoms with Crippen molar-refractivity contribution in [2.24, 2.45) is 23.2 Å². The molecule has 6 atom stereocenters. The summed E-state index contributed by atoms with van der Waals surface area (Å²) in [5, 5.41) is 10.7. The molecular formula is C23H44O2Si. The molecule has 26 heavy (non-hydrogen) atoms. The van der Waals surface area contributed by atoms with E-state index in [0.717, 1.165) is 18.8 Å². The summed E-state index contributed by atoms with van der Waals surface area (Å²) in [6.07, 6.45) is 12.0. The Labute approximate surface area is 163 Å². The van der Waals surface area contributed by atoms with E-state index in [2.05, 4.69) is 66.8 Å². The van der Waals surface area contributed by atoms with Crippen molar-refractivity contribution < 1.29 is 9.53 Å². The summed E-state index contributed by atoms with van der Waals surface area (Å²) in [6.45, 7) is 18.6. The third-order valence-corrected chi connectivity index (χ3v) is 12.6. The lowest BCUT2D eigenvalue weighted by Gasteiger charge is -2.44. The van der Waals surface area contributed by atoms with Crippen molar-refractivity contribution in [1.29, 1.82) is 0 Å². The average Bonchev–Trinajstić information content (AvgIpc) is 2.84. The van der Waals surface area contributed by atoms with Crippen LogP contribution in [0, 0.1) is 23.2 Å². The van der Waals surface area contributed by atoms with Gasteiger partial charge in [0.05, 0.1) is 6.10 Å². The van der Waals surface area contributed by atoms with Crippen molar-refractivity contribution in [3.05, 3.63) is 12.2 Å². The molecule has 152 valence electrons. The van der Waals surface area contributed by atoms with Crippen LogP contribution < -0.4 is 0 Å². The second-order valence-electron chi connectivity index (χ2n) is 11.0. The largest absolute Gasteiger partial charge is 0.414 e. The molecule has 0 aromatic heterocycles. The minimum atomic E-state index is -1.68. The number of aliphatic hydroxyl groups excluding tert-OH is 1. The fraction of sp³-hybridized carbons (Fsp3) is 0.913. The molecule has 2 rings (SSSR count). The first-order chi connectivity index (χ1) is 11.9. The summed E-state index contributed by atoms with van der Waals surface area (Å²) in [5.41, 5.74) is 0.338. The van der Waals surface area contributed by atoms with E-state index in [1.54, 1.807) is 0 Å². The number of hydrogen-bond donors (Lipinski definition) is 1. The molecule has 0 aliphatic heterocycles. The average molecular weight is 381 g/mol. The zero-order valence-corrected chi connectivity index (χ0v) is 19.6. The minimum Gasteiger partial charge on any atom is -0.414 e. The van der Waals surface area contributed by atoms with E-state index in [1.165, 1.54) is 25.7 Å². The van der Waals surface area contributed by atoms with Crippen LogP contribution >= 0.6 is 0 Å². The highest BCUT2D eigenvalue weighted by atomic mass is 28.4. The van der Waals surface area contributed by atoms with Crippen molar-refractivity contribution in [3.8, 4) is 0 Å². The number of rotatable bonds is 6. The molecule has 3 heteroatoms. The fourth-order valence-corrected chi connectivity index (χ4v) is 6.86. The molecule has 0 bridgehead atoms. The summed E-state index contributed by atoms with van der Waals surface area (Å²) in [5.74, 6) is 1.84. The van der Waals surface area contributed by atoms with Crippen LogP contribution in [0.4, 0.5) is 0 Å². The van der Waals surface area contributed by atoms with E-state index in [-0.39, 0.29) is 11.1 Å². The Balaban J connectivity index is 1.90. The summed E-state index contributed by atoms with van der Waals surface area (Å²) in [7, 11) is -1.68. The Morgan fingerprint density at radius 3 is 2.46 bits per heavy atom. The van der Waals surface area contributed by atoms with Crippen molar-refractivity contribution in [1.82, 2.24) is 0 Å². The van der Waals surface area contributed by atoms with Crippen LogP contribution in [0.1, 0.15) is 80.1 Å². The third-order valence-electron chi connectivity index (χ3n) is 8.01. The number of allylic oxidation sites excluding steroid dienone is 1. The van der Waals surface area contributed by atoms with Crippen LogP contribution in [-0.2, 0) is 4.43 Å². The molecule has 0 saturated heterocycles. The highest BCUT2D eigenvalue weighted by Crippen LogP contribution is 2.57. The van der Waals surface area contributed by atoms with Gasteiger partial charge in [-0.2, -0.15) is 0 Å². The molecule has 2 saturated carbocycles. The molecule has 0 radical (unpaired) electrons. The first kappa shape index (κ1) is 22.2. The SMILES string of the molecule is C[C@H](CC=C[C@H](C)[C@H]1CC[C@H]2[C@@H](O)CCC[C@]12C)O[Si](C)(C)C(C)(C)C. The van der Waals surface area contributed by atoms with Gasteiger partial charge in [-0.3, -0.25) is 0 Å². The number of hydrogen-bond acceptors (Lipinski definition) is 2. The maximum atomic E-state index is 10.4. The van der Waals surface area contributed by atoms with Gasteiger partial charge in [0.2, 0.25) is 0 Å². The van der Waals surface area contributed by atoms with Gasteiger partial charge in [-0.1, -0.05) is 53.2 Å². The van der Waals surface area contributed by atoms with Crippen LogP contribution in [0.25, 0.3) is 0 Å². The smallest absolute Gasteiger partial charge is 0.192 e. The zero-order chi connectivity index (χ0) is 19.8. The molecule has 0 aromatic carbocycles. The molecule has 0 spiro atoms. The van der Waals surface area contributed by atoms with Crippen LogP contribution in [-0.4, -0.2) is 25.6 Å². The van der Waals surface area contributed by atoms with Gasteiger partial charge >= 0.3 is 0 Å². The van der Waals surface area contributed by atoms with E-state index in [9.17, 15) is 5.11 Å². The topological polar surface area (TPSA) is 29.5 Å². The highest BCUT2D eigenvalue weighted by Gasteiger charge is 2.51. The monoisotopic (exact) mass is 380 g/mol. The van der Waals surface area contributed by atoms with Gasteiger partial charge in [0.15, 0.2) is 8.32 Å². The zero-order valence-electron chi connectivity index (χ0n) is 18.6. The first-order valence-electron chi connectivity index (χ1n) is 10.9. The number of fused-ring (bicyclic) bond motifs is 1. The van der Waals surface area contributed by atoms with Gasteiger partial charge in [-0.05, 0) is 80.3 Å².